The third-order valence-electron chi connectivity index (χ3n) is 4.29. The number of hydrogen-bond donors (Lipinski definition) is 1. The number of rotatable bonds is 4. The average molecular weight is 335 g/mol. The van der Waals surface area contributed by atoms with Gasteiger partial charge in [0, 0.05) is 24.5 Å². The molecule has 1 aliphatic rings. The number of likely N-dealkylation sites (tertiary alicyclic amines) is 1. The summed E-state index contributed by atoms with van der Waals surface area (Å²) in [6.45, 7) is 3.56. The number of carbonyl (C=O) groups is 1. The van der Waals surface area contributed by atoms with Crippen LogP contribution in [0.2, 0.25) is 0 Å². The Kier molecular flexibility index (Phi) is 4.90. The molecule has 1 fully saturated rings. The molecule has 0 saturated carbocycles. The number of hydrogen-bond acceptors (Lipinski definition) is 5. The number of nitrogens with two attached hydrogens (primary N) is 1. The fourth-order valence-corrected chi connectivity index (χ4v) is 4.71. The van der Waals surface area contributed by atoms with Crippen molar-refractivity contribution in [3.05, 3.63) is 28.6 Å². The molecule has 2 unspecified atom stereocenters. The topological polar surface area (TPSA) is 59.2 Å². The molecule has 0 aromatic carbocycles. The molecule has 4 nitrogen and oxygen atoms in total. The van der Waals surface area contributed by atoms with Gasteiger partial charge in [-0.15, -0.1) is 22.7 Å². The fraction of sp³-hybridized carbons (Fsp3) is 0.500. The molecule has 0 bridgehead atoms. The molecule has 3 heterocycles. The highest BCUT2D eigenvalue weighted by molar-refractivity contribution is 7.20. The normalized spacial score (nSPS) is 22.0. The molecule has 2 N–H and O–H groups in total. The smallest absolute Gasteiger partial charge is 0.228 e. The molecular formula is C16H21N3OS2. The molecule has 6 heteroatoms. The van der Waals surface area contributed by atoms with Crippen molar-refractivity contribution in [1.82, 2.24) is 9.88 Å². The van der Waals surface area contributed by atoms with Crippen LogP contribution < -0.4 is 5.73 Å². The predicted molar refractivity (Wildman–Crippen MR) is 92.1 cm³/mol. The van der Waals surface area contributed by atoms with Gasteiger partial charge in [0.1, 0.15) is 5.01 Å². The van der Waals surface area contributed by atoms with Gasteiger partial charge in [-0.3, -0.25) is 4.79 Å². The Labute approximate surface area is 139 Å². The van der Waals surface area contributed by atoms with Crippen LogP contribution in [0.25, 0.3) is 9.88 Å². The molecule has 1 saturated heterocycles. The number of aromatic nitrogens is 1. The highest BCUT2D eigenvalue weighted by Gasteiger charge is 2.30. The minimum absolute atomic E-state index is 0.157. The van der Waals surface area contributed by atoms with Crippen molar-refractivity contribution in [3.63, 3.8) is 0 Å². The Bertz CT molecular complexity index is 623. The van der Waals surface area contributed by atoms with Crippen LogP contribution in [0.1, 0.15) is 25.5 Å². The minimum Gasteiger partial charge on any atom is -0.338 e. The molecule has 0 aliphatic carbocycles. The van der Waals surface area contributed by atoms with E-state index < -0.39 is 0 Å². The summed E-state index contributed by atoms with van der Waals surface area (Å²) in [7, 11) is 0. The van der Waals surface area contributed by atoms with Crippen LogP contribution in [-0.4, -0.2) is 34.9 Å². The average Bonchev–Trinajstić information content (AvgIpc) is 3.17. The number of piperidine rings is 1. The molecule has 3 rings (SSSR count). The van der Waals surface area contributed by atoms with Crippen molar-refractivity contribution in [2.45, 2.75) is 32.2 Å². The summed E-state index contributed by atoms with van der Waals surface area (Å²) in [4.78, 5) is 20.4. The molecule has 2 aromatic rings. The van der Waals surface area contributed by atoms with E-state index in [0.717, 1.165) is 35.0 Å². The number of thiophene rings is 1. The summed E-state index contributed by atoms with van der Waals surface area (Å²) in [6, 6.07) is 4.26. The molecule has 0 spiro atoms. The monoisotopic (exact) mass is 335 g/mol. The van der Waals surface area contributed by atoms with Crippen LogP contribution in [0, 0.1) is 5.92 Å². The number of nitrogens with zero attached hydrogens (tertiary/aromatic N) is 2. The van der Waals surface area contributed by atoms with Gasteiger partial charge in [-0.05, 0) is 30.2 Å². The van der Waals surface area contributed by atoms with Gasteiger partial charge in [-0.1, -0.05) is 13.0 Å². The number of carbonyl (C=O) groups excluding carboxylic acids is 1. The minimum atomic E-state index is 0.157. The highest BCUT2D eigenvalue weighted by Crippen LogP contribution is 2.28. The van der Waals surface area contributed by atoms with Gasteiger partial charge in [0.25, 0.3) is 0 Å². The first-order valence-electron chi connectivity index (χ1n) is 7.67. The van der Waals surface area contributed by atoms with Gasteiger partial charge in [-0.2, -0.15) is 0 Å². The summed E-state index contributed by atoms with van der Waals surface area (Å²) in [5.41, 5.74) is 6.75. The quantitative estimate of drug-likeness (QED) is 0.934. The lowest BCUT2D eigenvalue weighted by Gasteiger charge is -2.39. The van der Waals surface area contributed by atoms with Gasteiger partial charge < -0.3 is 10.6 Å². The van der Waals surface area contributed by atoms with E-state index in [1.165, 1.54) is 0 Å². The second-order valence-electron chi connectivity index (χ2n) is 5.81. The van der Waals surface area contributed by atoms with Crippen LogP contribution >= 0.6 is 22.7 Å². The molecule has 1 aliphatic heterocycles. The number of thiazole rings is 1. The second-order valence-corrected chi connectivity index (χ2v) is 7.61. The standard InChI is InChI=1S/C16H21N3OS2/c1-11-4-2-6-19(13(11)9-17)15(20)8-12-10-22-16(18-12)14-5-3-7-21-14/h3,5,7,10-11,13H,2,4,6,8-9,17H2,1H3. The Morgan fingerprint density at radius 1 is 1.50 bits per heavy atom. The van der Waals surface area contributed by atoms with Crippen LogP contribution in [0.4, 0.5) is 0 Å². The van der Waals surface area contributed by atoms with Crippen molar-refractivity contribution >= 4 is 28.6 Å². The molecule has 118 valence electrons. The largest absolute Gasteiger partial charge is 0.338 e. The lowest BCUT2D eigenvalue weighted by Crippen LogP contribution is -2.51. The third-order valence-corrected chi connectivity index (χ3v) is 6.22. The summed E-state index contributed by atoms with van der Waals surface area (Å²) in [6.07, 6.45) is 2.61. The summed E-state index contributed by atoms with van der Waals surface area (Å²) >= 11 is 3.28. The first-order chi connectivity index (χ1) is 10.7. The third kappa shape index (κ3) is 3.24. The zero-order valence-electron chi connectivity index (χ0n) is 12.7. The molecule has 2 aromatic heterocycles. The zero-order valence-corrected chi connectivity index (χ0v) is 14.3. The first kappa shape index (κ1) is 15.6. The van der Waals surface area contributed by atoms with Crippen molar-refractivity contribution < 1.29 is 4.79 Å². The Morgan fingerprint density at radius 2 is 2.36 bits per heavy atom. The van der Waals surface area contributed by atoms with E-state index in [-0.39, 0.29) is 11.9 Å². The van der Waals surface area contributed by atoms with E-state index in [0.29, 0.717) is 18.9 Å². The maximum absolute atomic E-state index is 12.6. The predicted octanol–water partition coefficient (Wildman–Crippen LogP) is 3.00. The van der Waals surface area contributed by atoms with Crippen LogP contribution in [0.3, 0.4) is 0 Å². The van der Waals surface area contributed by atoms with E-state index in [9.17, 15) is 4.79 Å². The SMILES string of the molecule is CC1CCCN(C(=O)Cc2csc(-c3cccs3)n2)C1CN. The molecule has 0 radical (unpaired) electrons. The van der Waals surface area contributed by atoms with Crippen LogP contribution in [-0.2, 0) is 11.2 Å². The molecule has 22 heavy (non-hydrogen) atoms. The Balaban J connectivity index is 1.69. The maximum atomic E-state index is 12.6. The van der Waals surface area contributed by atoms with Gasteiger partial charge in [0.2, 0.25) is 5.91 Å². The van der Waals surface area contributed by atoms with E-state index in [1.54, 1.807) is 22.7 Å². The van der Waals surface area contributed by atoms with Crippen molar-refractivity contribution in [3.8, 4) is 9.88 Å². The Morgan fingerprint density at radius 3 is 3.09 bits per heavy atom. The van der Waals surface area contributed by atoms with Gasteiger partial charge in [0.05, 0.1) is 17.0 Å². The first-order valence-corrected chi connectivity index (χ1v) is 9.42. The van der Waals surface area contributed by atoms with E-state index in [2.05, 4.69) is 18.0 Å². The van der Waals surface area contributed by atoms with Gasteiger partial charge in [-0.25, -0.2) is 4.98 Å². The molecular weight excluding hydrogens is 314 g/mol. The lowest BCUT2D eigenvalue weighted by molar-refractivity contribution is -0.135. The van der Waals surface area contributed by atoms with Crippen LogP contribution in [0.5, 0.6) is 0 Å². The summed E-state index contributed by atoms with van der Waals surface area (Å²) in [5, 5.41) is 5.04. The Hall–Kier alpha value is -1.24. The summed E-state index contributed by atoms with van der Waals surface area (Å²) in [5.74, 6) is 0.643. The summed E-state index contributed by atoms with van der Waals surface area (Å²) < 4.78 is 0. The van der Waals surface area contributed by atoms with Crippen LogP contribution in [0.15, 0.2) is 22.9 Å². The van der Waals surface area contributed by atoms with Crippen molar-refractivity contribution in [1.29, 1.82) is 0 Å². The molecule has 2 atom stereocenters. The number of amides is 1. The highest BCUT2D eigenvalue weighted by atomic mass is 32.1. The second kappa shape index (κ2) is 6.89. The van der Waals surface area contributed by atoms with Gasteiger partial charge >= 0.3 is 0 Å². The fourth-order valence-electron chi connectivity index (χ4n) is 3.08. The van der Waals surface area contributed by atoms with E-state index in [1.807, 2.05) is 21.7 Å². The molecule has 1 amide bonds. The van der Waals surface area contributed by atoms with Crippen molar-refractivity contribution in [2.75, 3.05) is 13.1 Å². The van der Waals surface area contributed by atoms with E-state index >= 15 is 0 Å². The van der Waals surface area contributed by atoms with E-state index in [4.69, 9.17) is 5.73 Å². The lowest BCUT2D eigenvalue weighted by atomic mass is 9.90. The van der Waals surface area contributed by atoms with Crippen molar-refractivity contribution in [2.24, 2.45) is 11.7 Å². The van der Waals surface area contributed by atoms with Gasteiger partial charge in [0.15, 0.2) is 0 Å². The maximum Gasteiger partial charge on any atom is 0.228 e. The zero-order chi connectivity index (χ0) is 15.5.